The number of carbonyl (C=O) groups excluding carboxylic acids is 2. The molecule has 0 saturated carbocycles. The van der Waals surface area contributed by atoms with Gasteiger partial charge in [0.15, 0.2) is 11.0 Å². The molecule has 4 rings (SSSR count). The van der Waals surface area contributed by atoms with E-state index in [9.17, 15) is 9.59 Å². The molecule has 0 spiro atoms. The van der Waals surface area contributed by atoms with Crippen molar-refractivity contribution in [3.8, 4) is 17.1 Å². The number of furan rings is 1. The molecule has 1 fully saturated rings. The average Bonchev–Trinajstić information content (AvgIpc) is 3.49. The van der Waals surface area contributed by atoms with Crippen molar-refractivity contribution in [2.24, 2.45) is 0 Å². The second-order valence-electron chi connectivity index (χ2n) is 6.61. The van der Waals surface area contributed by atoms with Crippen LogP contribution >= 0.6 is 11.8 Å². The Labute approximate surface area is 177 Å². The van der Waals surface area contributed by atoms with E-state index >= 15 is 0 Å². The Kier molecular flexibility index (Phi) is 6.03. The lowest BCUT2D eigenvalue weighted by Gasteiger charge is -2.12. The third kappa shape index (κ3) is 4.33. The van der Waals surface area contributed by atoms with E-state index in [1.54, 1.807) is 13.4 Å². The third-order valence-corrected chi connectivity index (χ3v) is 5.69. The minimum atomic E-state index is -0.328. The van der Waals surface area contributed by atoms with Gasteiger partial charge in [-0.05, 0) is 30.7 Å². The van der Waals surface area contributed by atoms with Gasteiger partial charge in [-0.2, -0.15) is 0 Å². The largest absolute Gasteiger partial charge is 0.497 e. The van der Waals surface area contributed by atoms with Crippen molar-refractivity contribution in [2.75, 3.05) is 26.0 Å². The molecule has 0 radical (unpaired) electrons. The number of rotatable bonds is 9. The zero-order valence-corrected chi connectivity index (χ0v) is 17.2. The number of carbonyl (C=O) groups is 2. The molecule has 30 heavy (non-hydrogen) atoms. The van der Waals surface area contributed by atoms with Crippen molar-refractivity contribution in [3.63, 3.8) is 0 Å². The SMILES string of the molecule is COc1cccc(-c2nnc(SCCCN3C(=O)CNC3=O)n2Cc2ccco2)c1. The summed E-state index contributed by atoms with van der Waals surface area (Å²) < 4.78 is 12.8. The lowest BCUT2D eigenvalue weighted by molar-refractivity contribution is -0.124. The van der Waals surface area contributed by atoms with Gasteiger partial charge in [-0.3, -0.25) is 14.3 Å². The Morgan fingerprint density at radius 2 is 2.13 bits per heavy atom. The van der Waals surface area contributed by atoms with Gasteiger partial charge in [0.2, 0.25) is 5.91 Å². The first-order valence-corrected chi connectivity index (χ1v) is 10.5. The second kappa shape index (κ2) is 9.04. The topological polar surface area (TPSA) is 102 Å². The van der Waals surface area contributed by atoms with Crippen LogP contribution in [0.1, 0.15) is 12.2 Å². The lowest BCUT2D eigenvalue weighted by atomic mass is 10.2. The minimum absolute atomic E-state index is 0.0767. The van der Waals surface area contributed by atoms with E-state index in [2.05, 4.69) is 15.5 Å². The molecular formula is C20H21N5O4S. The van der Waals surface area contributed by atoms with Crippen LogP contribution in [0.4, 0.5) is 4.79 Å². The smallest absolute Gasteiger partial charge is 0.324 e. The van der Waals surface area contributed by atoms with E-state index in [4.69, 9.17) is 9.15 Å². The minimum Gasteiger partial charge on any atom is -0.497 e. The van der Waals surface area contributed by atoms with E-state index in [1.807, 2.05) is 41.0 Å². The van der Waals surface area contributed by atoms with Crippen LogP contribution in [0.5, 0.6) is 5.75 Å². The Bertz CT molecular complexity index is 1020. The highest BCUT2D eigenvalue weighted by Gasteiger charge is 2.27. The maximum Gasteiger partial charge on any atom is 0.324 e. The van der Waals surface area contributed by atoms with E-state index in [1.165, 1.54) is 16.7 Å². The number of amides is 3. The highest BCUT2D eigenvalue weighted by Crippen LogP contribution is 2.28. The molecule has 3 aromatic rings. The Morgan fingerprint density at radius 1 is 1.23 bits per heavy atom. The van der Waals surface area contributed by atoms with Gasteiger partial charge in [0, 0.05) is 17.9 Å². The van der Waals surface area contributed by atoms with Crippen molar-refractivity contribution < 1.29 is 18.7 Å². The Morgan fingerprint density at radius 3 is 2.87 bits per heavy atom. The maximum atomic E-state index is 11.7. The molecule has 0 aliphatic carbocycles. The predicted molar refractivity (Wildman–Crippen MR) is 110 cm³/mol. The molecular weight excluding hydrogens is 406 g/mol. The van der Waals surface area contributed by atoms with Gasteiger partial charge in [0.05, 0.1) is 26.5 Å². The standard InChI is InChI=1S/C20H21N5O4S/c1-28-15-6-2-5-14(11-15)18-22-23-20(25(18)13-16-7-3-9-29-16)30-10-4-8-24-17(26)12-21-19(24)27/h2-3,5-7,9,11H,4,8,10,12-13H2,1H3,(H,21,27). The summed E-state index contributed by atoms with van der Waals surface area (Å²) in [6.07, 6.45) is 2.29. The Hall–Kier alpha value is -3.27. The molecule has 156 valence electrons. The number of urea groups is 1. The molecule has 1 N–H and O–H groups in total. The average molecular weight is 427 g/mol. The molecule has 10 heteroatoms. The van der Waals surface area contributed by atoms with Gasteiger partial charge in [-0.1, -0.05) is 23.9 Å². The van der Waals surface area contributed by atoms with Crippen molar-refractivity contribution in [2.45, 2.75) is 18.1 Å². The third-order valence-electron chi connectivity index (χ3n) is 4.63. The fraction of sp³-hybridized carbons (Fsp3) is 0.300. The summed E-state index contributed by atoms with van der Waals surface area (Å²) in [6.45, 7) is 0.946. The molecule has 1 saturated heterocycles. The predicted octanol–water partition coefficient (Wildman–Crippen LogP) is 2.63. The monoisotopic (exact) mass is 427 g/mol. The number of thioether (sulfide) groups is 1. The van der Waals surface area contributed by atoms with Crippen molar-refractivity contribution in [1.29, 1.82) is 0 Å². The fourth-order valence-corrected chi connectivity index (χ4v) is 4.00. The van der Waals surface area contributed by atoms with Gasteiger partial charge in [0.1, 0.15) is 11.5 Å². The number of ether oxygens (including phenoxy) is 1. The van der Waals surface area contributed by atoms with Gasteiger partial charge in [-0.25, -0.2) is 4.79 Å². The number of benzene rings is 1. The summed E-state index contributed by atoms with van der Waals surface area (Å²) in [7, 11) is 1.62. The van der Waals surface area contributed by atoms with E-state index in [0.29, 0.717) is 31.1 Å². The van der Waals surface area contributed by atoms with E-state index in [0.717, 1.165) is 22.2 Å². The number of nitrogens with one attached hydrogen (secondary N) is 1. The summed E-state index contributed by atoms with van der Waals surface area (Å²) in [6, 6.07) is 11.1. The fourth-order valence-electron chi connectivity index (χ4n) is 3.14. The van der Waals surface area contributed by atoms with Crippen molar-refractivity contribution >= 4 is 23.7 Å². The first-order valence-electron chi connectivity index (χ1n) is 9.46. The molecule has 0 unspecified atom stereocenters. The van der Waals surface area contributed by atoms with Crippen molar-refractivity contribution in [1.82, 2.24) is 25.0 Å². The van der Waals surface area contributed by atoms with Crippen LogP contribution in [0, 0.1) is 0 Å². The van der Waals surface area contributed by atoms with Gasteiger partial charge in [-0.15, -0.1) is 10.2 Å². The maximum absolute atomic E-state index is 11.7. The van der Waals surface area contributed by atoms with Crippen LogP contribution in [0.25, 0.3) is 11.4 Å². The number of nitrogens with zero attached hydrogens (tertiary/aromatic N) is 4. The summed E-state index contributed by atoms with van der Waals surface area (Å²) in [5.41, 5.74) is 0.889. The molecule has 1 aromatic carbocycles. The highest BCUT2D eigenvalue weighted by atomic mass is 32.2. The second-order valence-corrected chi connectivity index (χ2v) is 7.67. The van der Waals surface area contributed by atoms with Crippen LogP contribution in [0.3, 0.4) is 0 Å². The van der Waals surface area contributed by atoms with Crippen LogP contribution in [0.2, 0.25) is 0 Å². The number of hydrogen-bond acceptors (Lipinski definition) is 7. The van der Waals surface area contributed by atoms with Gasteiger partial charge in [0.25, 0.3) is 0 Å². The summed E-state index contributed by atoms with van der Waals surface area (Å²) >= 11 is 1.53. The highest BCUT2D eigenvalue weighted by molar-refractivity contribution is 7.99. The number of hydrogen-bond donors (Lipinski definition) is 1. The van der Waals surface area contributed by atoms with E-state index in [-0.39, 0.29) is 18.5 Å². The normalized spacial score (nSPS) is 13.7. The molecule has 1 aliphatic heterocycles. The van der Waals surface area contributed by atoms with Crippen LogP contribution < -0.4 is 10.1 Å². The molecule has 3 heterocycles. The molecule has 0 bridgehead atoms. The van der Waals surface area contributed by atoms with E-state index < -0.39 is 0 Å². The molecule has 0 atom stereocenters. The molecule has 1 aliphatic rings. The van der Waals surface area contributed by atoms with Crippen LogP contribution in [-0.4, -0.2) is 57.6 Å². The van der Waals surface area contributed by atoms with Gasteiger partial charge >= 0.3 is 6.03 Å². The summed E-state index contributed by atoms with van der Waals surface area (Å²) in [5, 5.41) is 12.0. The summed E-state index contributed by atoms with van der Waals surface area (Å²) in [5.74, 6) is 2.74. The molecule has 2 aromatic heterocycles. The Balaban J connectivity index is 1.50. The summed E-state index contributed by atoms with van der Waals surface area (Å²) in [4.78, 5) is 24.6. The first kappa shape index (κ1) is 20.0. The number of methoxy groups -OCH3 is 1. The zero-order valence-electron chi connectivity index (χ0n) is 16.4. The molecule has 9 nitrogen and oxygen atoms in total. The van der Waals surface area contributed by atoms with Crippen molar-refractivity contribution in [3.05, 3.63) is 48.4 Å². The quantitative estimate of drug-likeness (QED) is 0.318. The number of imide groups is 1. The number of aromatic nitrogens is 3. The zero-order chi connectivity index (χ0) is 20.9. The lowest BCUT2D eigenvalue weighted by Crippen LogP contribution is -2.32. The first-order chi connectivity index (χ1) is 14.7. The molecule has 3 amide bonds. The van der Waals surface area contributed by atoms with Crippen LogP contribution in [-0.2, 0) is 11.3 Å². The van der Waals surface area contributed by atoms with Gasteiger partial charge < -0.3 is 14.5 Å². The van der Waals surface area contributed by atoms with Crippen LogP contribution in [0.15, 0.2) is 52.2 Å².